The summed E-state index contributed by atoms with van der Waals surface area (Å²) in [6.45, 7) is 7.40. The van der Waals surface area contributed by atoms with Gasteiger partial charge in [-0.1, -0.05) is 0 Å². The van der Waals surface area contributed by atoms with Crippen molar-refractivity contribution in [3.05, 3.63) is 18.2 Å². The van der Waals surface area contributed by atoms with Crippen LogP contribution in [0.1, 0.15) is 27.7 Å². The number of alkyl carbamates (subject to hydrolysis) is 1. The van der Waals surface area contributed by atoms with Crippen LogP contribution in [0.5, 0.6) is 11.5 Å². The molecular weight excluding hydrogens is 426 g/mol. The summed E-state index contributed by atoms with van der Waals surface area (Å²) >= 11 is 0. The van der Waals surface area contributed by atoms with Crippen LogP contribution < -0.4 is 14.8 Å². The van der Waals surface area contributed by atoms with E-state index in [1.165, 1.54) is 35.6 Å². The molecule has 31 heavy (non-hydrogen) atoms. The van der Waals surface area contributed by atoms with Crippen LogP contribution in [0, 0.1) is 0 Å². The normalized spacial score (nSPS) is 16.4. The molecule has 1 N–H and O–H groups in total. The third-order valence-electron chi connectivity index (χ3n) is 4.64. The van der Waals surface area contributed by atoms with Crippen molar-refractivity contribution in [1.82, 2.24) is 14.5 Å². The number of carbonyl (C=O) groups excluding carboxylic acids is 2. The van der Waals surface area contributed by atoms with Gasteiger partial charge in [0.05, 0.1) is 14.2 Å². The Labute approximate surface area is 183 Å². The van der Waals surface area contributed by atoms with Crippen molar-refractivity contribution in [2.24, 2.45) is 0 Å². The molecule has 0 saturated carbocycles. The minimum Gasteiger partial charge on any atom is -0.497 e. The minimum absolute atomic E-state index is 0.00841. The van der Waals surface area contributed by atoms with Crippen molar-refractivity contribution < 1.29 is 32.2 Å². The van der Waals surface area contributed by atoms with Crippen molar-refractivity contribution in [1.29, 1.82) is 0 Å². The van der Waals surface area contributed by atoms with Crippen molar-refractivity contribution >= 4 is 22.0 Å². The van der Waals surface area contributed by atoms with Crippen LogP contribution in [-0.4, -0.2) is 81.7 Å². The number of hydrogen-bond acceptors (Lipinski definition) is 7. The average molecular weight is 458 g/mol. The Morgan fingerprint density at radius 3 is 2.19 bits per heavy atom. The highest BCUT2D eigenvalue weighted by atomic mass is 32.2. The summed E-state index contributed by atoms with van der Waals surface area (Å²) in [6, 6.07) is 3.78. The Bertz CT molecular complexity index is 904. The van der Waals surface area contributed by atoms with E-state index in [0.29, 0.717) is 5.75 Å². The van der Waals surface area contributed by atoms with Crippen LogP contribution in [0.4, 0.5) is 4.79 Å². The Morgan fingerprint density at radius 1 is 1.06 bits per heavy atom. The number of hydrogen-bond donors (Lipinski definition) is 1. The van der Waals surface area contributed by atoms with E-state index in [-0.39, 0.29) is 42.7 Å². The molecule has 1 fully saturated rings. The Hall–Kier alpha value is -2.53. The zero-order chi connectivity index (χ0) is 23.4. The summed E-state index contributed by atoms with van der Waals surface area (Å²) in [5.74, 6) is 0.312. The van der Waals surface area contributed by atoms with Crippen molar-refractivity contribution in [2.45, 2.75) is 44.2 Å². The Kier molecular flexibility index (Phi) is 7.77. The van der Waals surface area contributed by atoms with Gasteiger partial charge in [-0.25, -0.2) is 13.2 Å². The molecule has 0 bridgehead atoms. The first-order valence-electron chi connectivity index (χ1n) is 9.89. The van der Waals surface area contributed by atoms with Crippen LogP contribution in [0.15, 0.2) is 23.1 Å². The second kappa shape index (κ2) is 9.73. The van der Waals surface area contributed by atoms with E-state index in [1.54, 1.807) is 33.8 Å². The summed E-state index contributed by atoms with van der Waals surface area (Å²) < 4.78 is 43.1. The largest absolute Gasteiger partial charge is 0.497 e. The van der Waals surface area contributed by atoms with Crippen LogP contribution in [0.3, 0.4) is 0 Å². The average Bonchev–Trinajstić information content (AvgIpc) is 2.71. The van der Waals surface area contributed by atoms with Gasteiger partial charge in [-0.05, 0) is 39.8 Å². The molecule has 1 atom stereocenters. The molecule has 1 aliphatic heterocycles. The first-order chi connectivity index (χ1) is 14.4. The van der Waals surface area contributed by atoms with Crippen LogP contribution in [0.2, 0.25) is 0 Å². The maximum Gasteiger partial charge on any atom is 0.408 e. The molecule has 0 aliphatic carbocycles. The van der Waals surface area contributed by atoms with E-state index in [0.717, 1.165) is 0 Å². The molecule has 1 aliphatic rings. The molecule has 1 heterocycles. The van der Waals surface area contributed by atoms with Gasteiger partial charge >= 0.3 is 6.09 Å². The Balaban J connectivity index is 2.03. The molecule has 1 aromatic rings. The van der Waals surface area contributed by atoms with Gasteiger partial charge < -0.3 is 24.4 Å². The molecule has 11 heteroatoms. The SMILES string of the molecule is COc1ccc(OC)c(S(=O)(=O)N2CCN(C(=O)C(C)NC(=O)OC(C)(C)C)CC2)c1. The van der Waals surface area contributed by atoms with Gasteiger partial charge in [-0.2, -0.15) is 4.31 Å². The summed E-state index contributed by atoms with van der Waals surface area (Å²) in [4.78, 5) is 26.1. The summed E-state index contributed by atoms with van der Waals surface area (Å²) in [5, 5.41) is 2.51. The van der Waals surface area contributed by atoms with Crippen LogP contribution in [0.25, 0.3) is 0 Å². The molecule has 0 spiro atoms. The lowest BCUT2D eigenvalue weighted by atomic mass is 10.2. The lowest BCUT2D eigenvalue weighted by Gasteiger charge is -2.35. The standard InChI is InChI=1S/C20H31N3O7S/c1-14(21-19(25)30-20(2,3)4)18(24)22-9-11-23(12-10-22)31(26,27)17-13-15(28-5)7-8-16(17)29-6/h7-8,13-14H,9-12H2,1-6H3,(H,21,25). The first-order valence-corrected chi connectivity index (χ1v) is 11.3. The van der Waals surface area contributed by atoms with Gasteiger partial charge in [0, 0.05) is 32.2 Å². The van der Waals surface area contributed by atoms with E-state index in [1.807, 2.05) is 0 Å². The number of carbonyl (C=O) groups is 2. The molecule has 1 aromatic carbocycles. The summed E-state index contributed by atoms with van der Waals surface area (Å²) in [6.07, 6.45) is -0.681. The predicted octanol–water partition coefficient (Wildman–Crippen LogP) is 1.45. The van der Waals surface area contributed by atoms with Crippen molar-refractivity contribution in [2.75, 3.05) is 40.4 Å². The number of sulfonamides is 1. The fourth-order valence-electron chi connectivity index (χ4n) is 3.09. The predicted molar refractivity (Wildman–Crippen MR) is 114 cm³/mol. The summed E-state index contributed by atoms with van der Waals surface area (Å²) in [7, 11) is -0.993. The maximum absolute atomic E-state index is 13.1. The van der Waals surface area contributed by atoms with Crippen molar-refractivity contribution in [3.63, 3.8) is 0 Å². The monoisotopic (exact) mass is 457 g/mol. The lowest BCUT2D eigenvalue weighted by molar-refractivity contribution is -0.134. The number of nitrogens with one attached hydrogen (secondary N) is 1. The number of ether oxygens (including phenoxy) is 3. The topological polar surface area (TPSA) is 114 Å². The molecule has 0 radical (unpaired) electrons. The zero-order valence-corrected chi connectivity index (χ0v) is 19.6. The molecule has 2 rings (SSSR count). The molecule has 10 nitrogen and oxygen atoms in total. The van der Waals surface area contributed by atoms with E-state index >= 15 is 0 Å². The third kappa shape index (κ3) is 6.23. The number of piperazine rings is 1. The molecule has 0 aromatic heterocycles. The lowest BCUT2D eigenvalue weighted by Crippen LogP contribution is -2.55. The van der Waals surface area contributed by atoms with Crippen LogP contribution in [-0.2, 0) is 19.6 Å². The smallest absolute Gasteiger partial charge is 0.408 e. The number of methoxy groups -OCH3 is 2. The highest BCUT2D eigenvalue weighted by molar-refractivity contribution is 7.89. The highest BCUT2D eigenvalue weighted by Crippen LogP contribution is 2.31. The molecule has 1 saturated heterocycles. The van der Waals surface area contributed by atoms with Gasteiger partial charge in [-0.15, -0.1) is 0 Å². The van der Waals surface area contributed by atoms with E-state index in [2.05, 4.69) is 5.32 Å². The van der Waals surface area contributed by atoms with Gasteiger partial charge in [0.2, 0.25) is 15.9 Å². The molecule has 1 unspecified atom stereocenters. The van der Waals surface area contributed by atoms with Gasteiger partial charge in [0.25, 0.3) is 0 Å². The fourth-order valence-corrected chi connectivity index (χ4v) is 4.69. The Morgan fingerprint density at radius 2 is 1.68 bits per heavy atom. The van der Waals surface area contributed by atoms with E-state index < -0.39 is 27.8 Å². The van der Waals surface area contributed by atoms with Gasteiger partial charge in [0.15, 0.2) is 0 Å². The molecular formula is C20H31N3O7S. The second-order valence-corrected chi connectivity index (χ2v) is 10.0. The van der Waals surface area contributed by atoms with Crippen LogP contribution >= 0.6 is 0 Å². The quantitative estimate of drug-likeness (QED) is 0.688. The number of rotatable bonds is 6. The van der Waals surface area contributed by atoms with E-state index in [4.69, 9.17) is 14.2 Å². The number of nitrogens with zero attached hydrogens (tertiary/aromatic N) is 2. The van der Waals surface area contributed by atoms with Gasteiger partial charge in [-0.3, -0.25) is 4.79 Å². The fraction of sp³-hybridized carbons (Fsp3) is 0.600. The van der Waals surface area contributed by atoms with E-state index in [9.17, 15) is 18.0 Å². The third-order valence-corrected chi connectivity index (χ3v) is 6.56. The van der Waals surface area contributed by atoms with Gasteiger partial charge in [0.1, 0.15) is 28.0 Å². The zero-order valence-electron chi connectivity index (χ0n) is 18.8. The molecule has 2 amide bonds. The number of benzene rings is 1. The second-order valence-electron chi connectivity index (χ2n) is 8.11. The summed E-state index contributed by atoms with van der Waals surface area (Å²) in [5.41, 5.74) is -0.673. The minimum atomic E-state index is -3.85. The maximum atomic E-state index is 13.1. The number of amides is 2. The van der Waals surface area contributed by atoms with Crippen molar-refractivity contribution in [3.8, 4) is 11.5 Å². The molecule has 174 valence electrons. The first kappa shape index (κ1) is 24.7. The highest BCUT2D eigenvalue weighted by Gasteiger charge is 2.34.